The van der Waals surface area contributed by atoms with E-state index in [4.69, 9.17) is 9.47 Å². The van der Waals surface area contributed by atoms with Crippen LogP contribution in [0.5, 0.6) is 0 Å². The Kier molecular flexibility index (Phi) is 13.3. The van der Waals surface area contributed by atoms with Gasteiger partial charge in [0.05, 0.1) is 0 Å². The standard InChI is InChI=1S/C20H31N3O2/c1-21-10-6-14-24-12-3-4-13-25-15-7-11-23-18-20-9-5-8-19(16-20)17-22-2/h5,8-9,16-18H,1,3-4,6-7,10-15H2,2H3. The molecule has 0 aliphatic carbocycles. The summed E-state index contributed by atoms with van der Waals surface area (Å²) in [5.74, 6) is 0. The second-order valence-electron chi connectivity index (χ2n) is 5.68. The Bertz CT molecular complexity index is 515. The average Bonchev–Trinajstić information content (AvgIpc) is 2.63. The quantitative estimate of drug-likeness (QED) is 0.361. The van der Waals surface area contributed by atoms with Crippen molar-refractivity contribution >= 4 is 19.1 Å². The summed E-state index contributed by atoms with van der Waals surface area (Å²) in [5, 5.41) is 0. The van der Waals surface area contributed by atoms with Crippen LogP contribution in [-0.4, -0.2) is 65.7 Å². The van der Waals surface area contributed by atoms with Crippen LogP contribution in [0.1, 0.15) is 36.8 Å². The van der Waals surface area contributed by atoms with Crippen molar-refractivity contribution in [1.82, 2.24) is 0 Å². The summed E-state index contributed by atoms with van der Waals surface area (Å²) in [6.07, 6.45) is 7.72. The van der Waals surface area contributed by atoms with Gasteiger partial charge in [-0.2, -0.15) is 0 Å². The van der Waals surface area contributed by atoms with E-state index < -0.39 is 0 Å². The van der Waals surface area contributed by atoms with Crippen molar-refractivity contribution in [2.45, 2.75) is 25.7 Å². The van der Waals surface area contributed by atoms with E-state index in [1.807, 2.05) is 30.6 Å². The Morgan fingerprint density at radius 1 is 0.880 bits per heavy atom. The van der Waals surface area contributed by atoms with Gasteiger partial charge in [0.15, 0.2) is 0 Å². The topological polar surface area (TPSA) is 55.5 Å². The molecule has 0 aliphatic heterocycles. The van der Waals surface area contributed by atoms with E-state index >= 15 is 0 Å². The first-order valence-corrected chi connectivity index (χ1v) is 8.97. The van der Waals surface area contributed by atoms with Gasteiger partial charge in [-0.25, -0.2) is 0 Å². The maximum atomic E-state index is 5.61. The van der Waals surface area contributed by atoms with Gasteiger partial charge in [-0.05, 0) is 49.6 Å². The number of hydrogen-bond donors (Lipinski definition) is 0. The van der Waals surface area contributed by atoms with Gasteiger partial charge in [-0.15, -0.1) is 0 Å². The molecular weight excluding hydrogens is 314 g/mol. The molecule has 0 aliphatic rings. The Labute approximate surface area is 151 Å². The molecule has 25 heavy (non-hydrogen) atoms. The van der Waals surface area contributed by atoms with Gasteiger partial charge in [0.1, 0.15) is 0 Å². The molecule has 0 saturated heterocycles. The number of nitrogens with zero attached hydrogens (tertiary/aromatic N) is 3. The van der Waals surface area contributed by atoms with Crippen molar-refractivity contribution in [3.05, 3.63) is 35.4 Å². The summed E-state index contributed by atoms with van der Waals surface area (Å²) in [4.78, 5) is 12.3. The van der Waals surface area contributed by atoms with E-state index in [1.165, 1.54) is 0 Å². The number of aliphatic imine (C=N–C) groups is 3. The zero-order valence-corrected chi connectivity index (χ0v) is 15.4. The van der Waals surface area contributed by atoms with Crippen LogP contribution in [0.3, 0.4) is 0 Å². The molecule has 0 fully saturated rings. The van der Waals surface area contributed by atoms with E-state index in [0.717, 1.165) is 76.3 Å². The van der Waals surface area contributed by atoms with Gasteiger partial charge in [0, 0.05) is 59.0 Å². The molecule has 0 atom stereocenters. The zero-order chi connectivity index (χ0) is 18.0. The van der Waals surface area contributed by atoms with Crippen LogP contribution in [0.25, 0.3) is 0 Å². The molecule has 0 aromatic heterocycles. The van der Waals surface area contributed by atoms with Gasteiger partial charge in [-0.3, -0.25) is 9.98 Å². The predicted octanol–water partition coefficient (Wildman–Crippen LogP) is 3.45. The highest BCUT2D eigenvalue weighted by atomic mass is 16.5. The normalized spacial score (nSPS) is 11.6. The molecule has 138 valence electrons. The molecule has 0 spiro atoms. The minimum atomic E-state index is 0.756. The number of hydrogen-bond acceptors (Lipinski definition) is 5. The molecule has 5 heteroatoms. The highest BCUT2D eigenvalue weighted by molar-refractivity contribution is 5.86. The molecule has 0 saturated carbocycles. The largest absolute Gasteiger partial charge is 0.381 e. The Hall–Kier alpha value is -1.85. The van der Waals surface area contributed by atoms with Crippen molar-refractivity contribution < 1.29 is 9.47 Å². The van der Waals surface area contributed by atoms with Gasteiger partial charge >= 0.3 is 0 Å². The maximum Gasteiger partial charge on any atom is 0.0483 e. The van der Waals surface area contributed by atoms with Crippen molar-refractivity contribution in [3.63, 3.8) is 0 Å². The SMILES string of the molecule is C=NCCCOCCCCOCCCN=Cc1cccc(C=NC)c1. The summed E-state index contributed by atoms with van der Waals surface area (Å²) in [6, 6.07) is 8.16. The third kappa shape index (κ3) is 12.2. The summed E-state index contributed by atoms with van der Waals surface area (Å²) in [6.45, 7) is 8.13. The summed E-state index contributed by atoms with van der Waals surface area (Å²) in [7, 11) is 1.77. The van der Waals surface area contributed by atoms with Crippen LogP contribution >= 0.6 is 0 Å². The lowest BCUT2D eigenvalue weighted by molar-refractivity contribution is 0.102. The van der Waals surface area contributed by atoms with E-state index in [-0.39, 0.29) is 0 Å². The molecule has 0 N–H and O–H groups in total. The lowest BCUT2D eigenvalue weighted by Gasteiger charge is -2.04. The van der Waals surface area contributed by atoms with Crippen LogP contribution in [0, 0.1) is 0 Å². The zero-order valence-electron chi connectivity index (χ0n) is 15.4. The fourth-order valence-electron chi connectivity index (χ4n) is 2.19. The first kappa shape index (κ1) is 21.2. The second-order valence-corrected chi connectivity index (χ2v) is 5.68. The fourth-order valence-corrected chi connectivity index (χ4v) is 2.19. The van der Waals surface area contributed by atoms with Crippen molar-refractivity contribution in [2.75, 3.05) is 46.6 Å². The average molecular weight is 345 g/mol. The van der Waals surface area contributed by atoms with Gasteiger partial charge in [0.2, 0.25) is 0 Å². The predicted molar refractivity (Wildman–Crippen MR) is 107 cm³/mol. The minimum Gasteiger partial charge on any atom is -0.381 e. The first-order chi connectivity index (χ1) is 12.4. The van der Waals surface area contributed by atoms with Crippen molar-refractivity contribution in [3.8, 4) is 0 Å². The van der Waals surface area contributed by atoms with Gasteiger partial charge in [0.25, 0.3) is 0 Å². The summed E-state index contributed by atoms with van der Waals surface area (Å²) < 4.78 is 11.1. The highest BCUT2D eigenvalue weighted by Crippen LogP contribution is 2.01. The van der Waals surface area contributed by atoms with E-state index in [0.29, 0.717) is 0 Å². The minimum absolute atomic E-state index is 0.756. The van der Waals surface area contributed by atoms with E-state index in [1.54, 1.807) is 7.05 Å². The molecule has 0 radical (unpaired) electrons. The Morgan fingerprint density at radius 2 is 1.48 bits per heavy atom. The van der Waals surface area contributed by atoms with Crippen LogP contribution in [-0.2, 0) is 9.47 Å². The maximum absolute atomic E-state index is 5.61. The summed E-state index contributed by atoms with van der Waals surface area (Å²) in [5.41, 5.74) is 2.19. The smallest absolute Gasteiger partial charge is 0.0483 e. The molecule has 0 unspecified atom stereocenters. The molecular formula is C20H31N3O2. The molecule has 1 rings (SSSR count). The Morgan fingerprint density at radius 3 is 2.12 bits per heavy atom. The number of ether oxygens (including phenoxy) is 2. The summed E-state index contributed by atoms with van der Waals surface area (Å²) >= 11 is 0. The fraction of sp³-hybridized carbons (Fsp3) is 0.550. The lowest BCUT2D eigenvalue weighted by atomic mass is 10.1. The van der Waals surface area contributed by atoms with E-state index in [9.17, 15) is 0 Å². The van der Waals surface area contributed by atoms with Crippen LogP contribution in [0.2, 0.25) is 0 Å². The molecule has 0 heterocycles. The van der Waals surface area contributed by atoms with Gasteiger partial charge < -0.3 is 14.5 Å². The third-order valence-corrected chi connectivity index (χ3v) is 3.44. The molecule has 1 aromatic rings. The first-order valence-electron chi connectivity index (χ1n) is 8.97. The molecule has 0 bridgehead atoms. The Balaban J connectivity index is 1.95. The van der Waals surface area contributed by atoms with Crippen LogP contribution in [0.15, 0.2) is 39.2 Å². The molecule has 1 aromatic carbocycles. The van der Waals surface area contributed by atoms with Crippen LogP contribution < -0.4 is 0 Å². The molecule has 0 amide bonds. The number of rotatable bonds is 15. The van der Waals surface area contributed by atoms with Crippen molar-refractivity contribution in [1.29, 1.82) is 0 Å². The monoisotopic (exact) mass is 345 g/mol. The number of unbranched alkanes of at least 4 members (excludes halogenated alkanes) is 1. The van der Waals surface area contributed by atoms with Gasteiger partial charge in [-0.1, -0.05) is 18.2 Å². The van der Waals surface area contributed by atoms with E-state index in [2.05, 4.69) is 27.8 Å². The highest BCUT2D eigenvalue weighted by Gasteiger charge is 1.93. The van der Waals surface area contributed by atoms with Crippen LogP contribution in [0.4, 0.5) is 0 Å². The lowest BCUT2D eigenvalue weighted by Crippen LogP contribution is -2.02. The second kappa shape index (κ2) is 15.7. The third-order valence-electron chi connectivity index (χ3n) is 3.44. The van der Waals surface area contributed by atoms with Crippen molar-refractivity contribution in [2.24, 2.45) is 15.0 Å². The number of benzene rings is 1. The molecule has 5 nitrogen and oxygen atoms in total.